The molecule has 0 saturated carbocycles. The summed E-state index contributed by atoms with van der Waals surface area (Å²) in [5, 5.41) is 10.4. The average molecular weight is 360 g/mol. The van der Waals surface area contributed by atoms with Crippen LogP contribution in [0.15, 0.2) is 40.1 Å². The van der Waals surface area contributed by atoms with E-state index in [1.165, 1.54) is 4.90 Å². The number of nitrogens with zero attached hydrogens (tertiary/aromatic N) is 2. The van der Waals surface area contributed by atoms with Gasteiger partial charge in [-0.2, -0.15) is 0 Å². The highest BCUT2D eigenvalue weighted by atomic mass is 32.1. The van der Waals surface area contributed by atoms with Gasteiger partial charge in [-0.1, -0.05) is 6.07 Å². The number of benzene rings is 1. The smallest absolute Gasteiger partial charge is 0.274 e. The second-order valence-corrected chi connectivity index (χ2v) is 6.80. The zero-order chi connectivity index (χ0) is 17.8. The number of nitrogens with one attached hydrogen (secondary N) is 1. The molecule has 1 aromatic carbocycles. The molecule has 0 spiro atoms. The van der Waals surface area contributed by atoms with Crippen molar-refractivity contribution >= 4 is 11.3 Å². The molecule has 2 atom stereocenters. The summed E-state index contributed by atoms with van der Waals surface area (Å²) in [6, 6.07) is 10.00. The van der Waals surface area contributed by atoms with Crippen LogP contribution < -0.4 is 14.4 Å². The van der Waals surface area contributed by atoms with Gasteiger partial charge in [0, 0.05) is 5.56 Å². The Hall–Kier alpha value is -2.38. The lowest BCUT2D eigenvalue weighted by atomic mass is 10.1. The van der Waals surface area contributed by atoms with Crippen LogP contribution in [-0.2, 0) is 6.54 Å². The molecule has 132 valence electrons. The first-order valence-corrected chi connectivity index (χ1v) is 8.90. The average Bonchev–Trinajstić information content (AvgIpc) is 3.32. The largest absolute Gasteiger partial charge is 0.493 e. The third-order valence-corrected chi connectivity index (χ3v) is 5.07. The Morgan fingerprint density at radius 1 is 1.16 bits per heavy atom. The third-order valence-electron chi connectivity index (χ3n) is 4.21. The summed E-state index contributed by atoms with van der Waals surface area (Å²) >= 11 is 1.59. The van der Waals surface area contributed by atoms with Crippen molar-refractivity contribution in [3.05, 3.63) is 47.2 Å². The van der Waals surface area contributed by atoms with Crippen molar-refractivity contribution in [3.8, 4) is 22.3 Å². The van der Waals surface area contributed by atoms with Gasteiger partial charge >= 0.3 is 0 Å². The number of hydrogen-bond acceptors (Lipinski definition) is 6. The second kappa shape index (κ2) is 7.67. The Morgan fingerprint density at radius 2 is 1.96 bits per heavy atom. The summed E-state index contributed by atoms with van der Waals surface area (Å²) in [4.78, 5) is 2.23. The Bertz CT molecular complexity index is 817. The fourth-order valence-corrected chi connectivity index (χ4v) is 3.23. The van der Waals surface area contributed by atoms with Crippen molar-refractivity contribution in [3.63, 3.8) is 0 Å². The van der Waals surface area contributed by atoms with Crippen LogP contribution in [0.2, 0.25) is 0 Å². The lowest BCUT2D eigenvalue weighted by Crippen LogP contribution is -3.07. The number of hydrogen-bond donors (Lipinski definition) is 1. The van der Waals surface area contributed by atoms with E-state index in [1.807, 2.05) is 35.7 Å². The van der Waals surface area contributed by atoms with E-state index in [9.17, 15) is 0 Å². The molecule has 25 heavy (non-hydrogen) atoms. The molecule has 3 aromatic rings. The molecule has 3 rings (SSSR count). The molecule has 0 amide bonds. The number of aromatic nitrogens is 2. The zero-order valence-electron chi connectivity index (χ0n) is 14.8. The van der Waals surface area contributed by atoms with E-state index in [2.05, 4.69) is 24.2 Å². The SMILES string of the molecule is COc1ccc(C[NH+](C)[C@@H](C)c2nnc(-c3cccs3)o2)cc1OC. The van der Waals surface area contributed by atoms with Gasteiger partial charge < -0.3 is 18.8 Å². The fourth-order valence-electron chi connectivity index (χ4n) is 2.59. The molecule has 1 N–H and O–H groups in total. The Morgan fingerprint density at radius 3 is 2.64 bits per heavy atom. The molecule has 0 aliphatic heterocycles. The molecule has 0 fully saturated rings. The van der Waals surface area contributed by atoms with E-state index in [-0.39, 0.29) is 6.04 Å². The summed E-state index contributed by atoms with van der Waals surface area (Å²) in [6.07, 6.45) is 0. The maximum Gasteiger partial charge on any atom is 0.274 e. The normalized spacial score (nSPS) is 13.4. The molecule has 0 radical (unpaired) electrons. The first-order valence-electron chi connectivity index (χ1n) is 8.03. The third kappa shape index (κ3) is 3.83. The Balaban J connectivity index is 1.71. The molecule has 0 aliphatic rings. The van der Waals surface area contributed by atoms with E-state index in [4.69, 9.17) is 13.9 Å². The molecule has 1 unspecified atom stereocenters. The van der Waals surface area contributed by atoms with Gasteiger partial charge in [0.1, 0.15) is 6.54 Å². The zero-order valence-corrected chi connectivity index (χ0v) is 15.6. The predicted molar refractivity (Wildman–Crippen MR) is 96.2 cm³/mol. The second-order valence-electron chi connectivity index (χ2n) is 5.86. The van der Waals surface area contributed by atoms with Crippen LogP contribution in [0.3, 0.4) is 0 Å². The topological polar surface area (TPSA) is 61.8 Å². The summed E-state index contributed by atoms with van der Waals surface area (Å²) in [7, 11) is 5.39. The van der Waals surface area contributed by atoms with Crippen molar-refractivity contribution in [1.29, 1.82) is 0 Å². The minimum absolute atomic E-state index is 0.0781. The number of thiophene rings is 1. The predicted octanol–water partition coefficient (Wildman–Crippen LogP) is 2.59. The first-order chi connectivity index (χ1) is 12.1. The Labute approximate surface area is 151 Å². The van der Waals surface area contributed by atoms with Crippen molar-refractivity contribution in [2.75, 3.05) is 21.3 Å². The maximum absolute atomic E-state index is 5.85. The highest BCUT2D eigenvalue weighted by Crippen LogP contribution is 2.27. The molecule has 2 aromatic heterocycles. The van der Waals surface area contributed by atoms with Crippen LogP contribution in [0.5, 0.6) is 11.5 Å². The van der Waals surface area contributed by atoms with Crippen molar-refractivity contribution in [1.82, 2.24) is 10.2 Å². The molecule has 0 aliphatic carbocycles. The molecular weight excluding hydrogens is 338 g/mol. The van der Waals surface area contributed by atoms with Gasteiger partial charge in [0.15, 0.2) is 17.5 Å². The highest BCUT2D eigenvalue weighted by Gasteiger charge is 2.23. The molecule has 0 bridgehead atoms. The maximum atomic E-state index is 5.85. The number of methoxy groups -OCH3 is 2. The summed E-state index contributed by atoms with van der Waals surface area (Å²) in [6.45, 7) is 2.89. The van der Waals surface area contributed by atoms with Gasteiger partial charge in [0.05, 0.1) is 26.1 Å². The van der Waals surface area contributed by atoms with Gasteiger partial charge in [0.25, 0.3) is 11.8 Å². The van der Waals surface area contributed by atoms with E-state index < -0.39 is 0 Å². The minimum atomic E-state index is 0.0781. The van der Waals surface area contributed by atoms with Crippen LogP contribution in [0.25, 0.3) is 10.8 Å². The number of quaternary nitrogens is 1. The van der Waals surface area contributed by atoms with E-state index in [0.29, 0.717) is 11.8 Å². The lowest BCUT2D eigenvalue weighted by molar-refractivity contribution is -0.925. The van der Waals surface area contributed by atoms with Crippen molar-refractivity contribution < 1.29 is 18.8 Å². The minimum Gasteiger partial charge on any atom is -0.493 e. The first kappa shape index (κ1) is 17.4. The summed E-state index contributed by atoms with van der Waals surface area (Å²) < 4.78 is 16.5. The monoisotopic (exact) mass is 360 g/mol. The van der Waals surface area contributed by atoms with Crippen LogP contribution >= 0.6 is 11.3 Å². The van der Waals surface area contributed by atoms with Gasteiger partial charge in [-0.25, -0.2) is 0 Å². The van der Waals surface area contributed by atoms with E-state index in [0.717, 1.165) is 28.5 Å². The molecule has 2 heterocycles. The van der Waals surface area contributed by atoms with E-state index in [1.54, 1.807) is 25.6 Å². The van der Waals surface area contributed by atoms with Crippen LogP contribution in [0.4, 0.5) is 0 Å². The van der Waals surface area contributed by atoms with Gasteiger partial charge in [-0.05, 0) is 36.6 Å². The van der Waals surface area contributed by atoms with Crippen LogP contribution in [0.1, 0.15) is 24.4 Å². The highest BCUT2D eigenvalue weighted by molar-refractivity contribution is 7.13. The van der Waals surface area contributed by atoms with Gasteiger partial charge in [0.2, 0.25) is 0 Å². The van der Waals surface area contributed by atoms with E-state index >= 15 is 0 Å². The fraction of sp³-hybridized carbons (Fsp3) is 0.333. The van der Waals surface area contributed by atoms with Gasteiger partial charge in [-0.15, -0.1) is 21.5 Å². The summed E-state index contributed by atoms with van der Waals surface area (Å²) in [5.74, 6) is 2.69. The van der Waals surface area contributed by atoms with Crippen LogP contribution in [0, 0.1) is 0 Å². The molecule has 6 nitrogen and oxygen atoms in total. The Kier molecular flexibility index (Phi) is 5.35. The quantitative estimate of drug-likeness (QED) is 0.702. The van der Waals surface area contributed by atoms with Crippen LogP contribution in [-0.4, -0.2) is 31.5 Å². The van der Waals surface area contributed by atoms with Crippen molar-refractivity contribution in [2.45, 2.75) is 19.5 Å². The van der Waals surface area contributed by atoms with Gasteiger partial charge in [-0.3, -0.25) is 0 Å². The van der Waals surface area contributed by atoms with Crippen molar-refractivity contribution in [2.24, 2.45) is 0 Å². The summed E-state index contributed by atoms with van der Waals surface area (Å²) in [5.41, 5.74) is 1.15. The number of rotatable bonds is 7. The molecule has 7 heteroatoms. The number of ether oxygens (including phenoxy) is 2. The molecular formula is C18H22N3O3S+. The molecule has 0 saturated heterocycles. The lowest BCUT2D eigenvalue weighted by Gasteiger charge is -2.19. The standard InChI is InChI=1S/C18H21N3O3S/c1-12(17-19-20-18(24-17)16-6-5-9-25-16)21(2)11-13-7-8-14(22-3)15(10-13)23-4/h5-10,12H,11H2,1-4H3/p+1/t12-/m0/s1.